The first-order chi connectivity index (χ1) is 7.60. The Morgan fingerprint density at radius 3 is 2.31 bits per heavy atom. The maximum absolute atomic E-state index is 12.2. The van der Waals surface area contributed by atoms with Gasteiger partial charge in [0.1, 0.15) is 0 Å². The summed E-state index contributed by atoms with van der Waals surface area (Å²) < 4.78 is 0. The second-order valence-corrected chi connectivity index (χ2v) is 6.99. The number of halogens is 1. The molecule has 0 radical (unpaired) electrons. The lowest BCUT2D eigenvalue weighted by Crippen LogP contribution is -2.44. The molecule has 2 saturated carbocycles. The van der Waals surface area contributed by atoms with Crippen LogP contribution in [0, 0.1) is 5.41 Å². The molecule has 2 fully saturated rings. The molecule has 3 heteroatoms. The van der Waals surface area contributed by atoms with Gasteiger partial charge in [-0.25, -0.2) is 0 Å². The Hall–Kier alpha value is -0.0500. The molecule has 0 spiro atoms. The third kappa shape index (κ3) is 2.79. The predicted molar refractivity (Wildman–Crippen MR) is 69.7 cm³/mol. The maximum Gasteiger partial charge on any atom is 0.226 e. The van der Waals surface area contributed by atoms with Gasteiger partial charge in [-0.2, -0.15) is 0 Å². The smallest absolute Gasteiger partial charge is 0.226 e. The molecule has 2 rings (SSSR count). The summed E-state index contributed by atoms with van der Waals surface area (Å²) in [4.78, 5) is 12.9. The van der Waals surface area contributed by atoms with Crippen molar-refractivity contribution >= 4 is 21.8 Å². The van der Waals surface area contributed by atoms with Gasteiger partial charge < -0.3 is 5.32 Å². The van der Waals surface area contributed by atoms with Crippen molar-refractivity contribution in [3.8, 4) is 0 Å². The highest BCUT2D eigenvalue weighted by molar-refractivity contribution is 9.09. The molecule has 0 saturated heterocycles. The zero-order valence-electron chi connectivity index (χ0n) is 10.1. The van der Waals surface area contributed by atoms with E-state index in [4.69, 9.17) is 0 Å². The number of carbonyl (C=O) groups excluding carboxylic acids is 1. The molecule has 2 aliphatic carbocycles. The zero-order chi connectivity index (χ0) is 11.6. The van der Waals surface area contributed by atoms with Crippen LogP contribution < -0.4 is 5.32 Å². The number of nitrogens with one attached hydrogen (secondary N) is 1. The van der Waals surface area contributed by atoms with Crippen molar-refractivity contribution in [1.29, 1.82) is 0 Å². The average Bonchev–Trinajstić information content (AvgIpc) is 2.70. The molecule has 1 amide bonds. The second-order valence-electron chi connectivity index (χ2n) is 5.69. The Morgan fingerprint density at radius 1 is 1.19 bits per heavy atom. The first kappa shape index (κ1) is 12.4. The Bertz CT molecular complexity index is 253. The molecule has 0 aliphatic heterocycles. The van der Waals surface area contributed by atoms with Crippen molar-refractivity contribution in [2.24, 2.45) is 5.41 Å². The lowest BCUT2D eigenvalue weighted by atomic mass is 9.86. The standard InChI is InChI=1S/C13H22BrNO/c1-13(8-2-3-9-13)12(16)15-11-6-4-10(14)5-7-11/h10-11H,2-9H2,1H3,(H,15,16). The van der Waals surface area contributed by atoms with Gasteiger partial charge in [0.2, 0.25) is 5.91 Å². The SMILES string of the molecule is CC1(C(=O)NC2CCC(Br)CC2)CCCC1. The van der Waals surface area contributed by atoms with Gasteiger partial charge in [0.05, 0.1) is 0 Å². The molecule has 16 heavy (non-hydrogen) atoms. The molecular formula is C13H22BrNO. The molecule has 92 valence electrons. The Labute approximate surface area is 107 Å². The van der Waals surface area contributed by atoms with E-state index in [1.807, 2.05) is 0 Å². The summed E-state index contributed by atoms with van der Waals surface area (Å²) in [6, 6.07) is 0.429. The summed E-state index contributed by atoms with van der Waals surface area (Å²) in [7, 11) is 0. The third-order valence-corrected chi connectivity index (χ3v) is 5.16. The maximum atomic E-state index is 12.2. The molecule has 2 nitrogen and oxygen atoms in total. The van der Waals surface area contributed by atoms with E-state index in [2.05, 4.69) is 28.2 Å². The van der Waals surface area contributed by atoms with E-state index in [9.17, 15) is 4.79 Å². The minimum absolute atomic E-state index is 0.0642. The first-order valence-corrected chi connectivity index (χ1v) is 7.47. The summed E-state index contributed by atoms with van der Waals surface area (Å²) in [5.41, 5.74) is -0.0642. The van der Waals surface area contributed by atoms with Crippen LogP contribution in [0.5, 0.6) is 0 Å². The zero-order valence-corrected chi connectivity index (χ0v) is 11.7. The highest BCUT2D eigenvalue weighted by Gasteiger charge is 2.37. The number of hydrogen-bond donors (Lipinski definition) is 1. The summed E-state index contributed by atoms with van der Waals surface area (Å²) in [5, 5.41) is 3.26. The van der Waals surface area contributed by atoms with Crippen LogP contribution >= 0.6 is 15.9 Å². The van der Waals surface area contributed by atoms with Gasteiger partial charge >= 0.3 is 0 Å². The number of alkyl halides is 1. The Kier molecular flexibility index (Phi) is 3.93. The van der Waals surface area contributed by atoms with E-state index in [1.165, 1.54) is 25.7 Å². The average molecular weight is 288 g/mol. The summed E-state index contributed by atoms with van der Waals surface area (Å²) in [6.45, 7) is 2.13. The van der Waals surface area contributed by atoms with E-state index in [1.54, 1.807) is 0 Å². The normalized spacial score (nSPS) is 33.6. The lowest BCUT2D eigenvalue weighted by molar-refractivity contribution is -0.130. The highest BCUT2D eigenvalue weighted by Crippen LogP contribution is 2.38. The van der Waals surface area contributed by atoms with Gasteiger partial charge in [0.25, 0.3) is 0 Å². The minimum Gasteiger partial charge on any atom is -0.353 e. The van der Waals surface area contributed by atoms with Crippen molar-refractivity contribution in [2.45, 2.75) is 69.2 Å². The van der Waals surface area contributed by atoms with Gasteiger partial charge in [-0.3, -0.25) is 4.79 Å². The largest absolute Gasteiger partial charge is 0.353 e. The molecule has 0 bridgehead atoms. The molecule has 0 atom stereocenters. The van der Waals surface area contributed by atoms with E-state index >= 15 is 0 Å². The van der Waals surface area contributed by atoms with E-state index in [0.717, 1.165) is 25.7 Å². The highest BCUT2D eigenvalue weighted by atomic mass is 79.9. The van der Waals surface area contributed by atoms with E-state index in [-0.39, 0.29) is 5.41 Å². The van der Waals surface area contributed by atoms with Crippen LogP contribution in [0.1, 0.15) is 58.3 Å². The van der Waals surface area contributed by atoms with Crippen molar-refractivity contribution in [1.82, 2.24) is 5.32 Å². The minimum atomic E-state index is -0.0642. The summed E-state index contributed by atoms with van der Waals surface area (Å²) in [5.74, 6) is 0.308. The topological polar surface area (TPSA) is 29.1 Å². The van der Waals surface area contributed by atoms with Gasteiger partial charge in [-0.05, 0) is 38.5 Å². The van der Waals surface area contributed by atoms with Crippen LogP contribution in [0.25, 0.3) is 0 Å². The summed E-state index contributed by atoms with van der Waals surface area (Å²) in [6.07, 6.45) is 9.26. The van der Waals surface area contributed by atoms with Crippen molar-refractivity contribution in [2.75, 3.05) is 0 Å². The van der Waals surface area contributed by atoms with Crippen molar-refractivity contribution in [3.05, 3.63) is 0 Å². The van der Waals surface area contributed by atoms with Crippen LogP contribution in [0.3, 0.4) is 0 Å². The third-order valence-electron chi connectivity index (χ3n) is 4.25. The number of rotatable bonds is 2. The van der Waals surface area contributed by atoms with Gasteiger partial charge in [-0.1, -0.05) is 35.7 Å². The molecule has 1 N–H and O–H groups in total. The number of amides is 1. The lowest BCUT2D eigenvalue weighted by Gasteiger charge is -2.30. The van der Waals surface area contributed by atoms with Crippen LogP contribution in [0.4, 0.5) is 0 Å². The van der Waals surface area contributed by atoms with E-state index < -0.39 is 0 Å². The van der Waals surface area contributed by atoms with Gasteiger partial charge in [0.15, 0.2) is 0 Å². The molecule has 0 aromatic heterocycles. The van der Waals surface area contributed by atoms with Crippen molar-refractivity contribution in [3.63, 3.8) is 0 Å². The molecule has 0 heterocycles. The van der Waals surface area contributed by atoms with Gasteiger partial charge in [-0.15, -0.1) is 0 Å². The monoisotopic (exact) mass is 287 g/mol. The molecule has 2 aliphatic rings. The Balaban J connectivity index is 1.83. The predicted octanol–water partition coefficient (Wildman–Crippen LogP) is 3.39. The van der Waals surface area contributed by atoms with E-state index in [0.29, 0.717) is 16.8 Å². The quantitative estimate of drug-likeness (QED) is 0.775. The van der Waals surface area contributed by atoms with Crippen LogP contribution in [0.15, 0.2) is 0 Å². The fraction of sp³-hybridized carbons (Fsp3) is 0.923. The van der Waals surface area contributed by atoms with Crippen LogP contribution in [-0.4, -0.2) is 16.8 Å². The number of carbonyl (C=O) groups is 1. The summed E-state index contributed by atoms with van der Waals surface area (Å²) >= 11 is 3.65. The fourth-order valence-electron chi connectivity index (χ4n) is 2.94. The molecule has 0 unspecified atom stereocenters. The molecule has 0 aromatic rings. The molecular weight excluding hydrogens is 266 g/mol. The van der Waals surface area contributed by atoms with Gasteiger partial charge in [0, 0.05) is 16.3 Å². The fourth-order valence-corrected chi connectivity index (χ4v) is 3.47. The Morgan fingerprint density at radius 2 is 1.75 bits per heavy atom. The van der Waals surface area contributed by atoms with Crippen molar-refractivity contribution < 1.29 is 4.79 Å². The first-order valence-electron chi connectivity index (χ1n) is 6.55. The number of hydrogen-bond acceptors (Lipinski definition) is 1. The molecule has 0 aromatic carbocycles. The van der Waals surface area contributed by atoms with Crippen LogP contribution in [0.2, 0.25) is 0 Å². The second kappa shape index (κ2) is 5.07. The van der Waals surface area contributed by atoms with Crippen LogP contribution in [-0.2, 0) is 4.79 Å².